The number of rotatable bonds is 1. The molecule has 0 radical (unpaired) electrons. The first-order valence-corrected chi connectivity index (χ1v) is 4.85. The molecule has 1 aliphatic rings. The Morgan fingerprint density at radius 3 is 2.71 bits per heavy atom. The third-order valence-electron chi connectivity index (χ3n) is 2.94. The molecular formula is C11H9ClFN. The van der Waals surface area contributed by atoms with Crippen LogP contribution in [0.1, 0.15) is 18.9 Å². The molecule has 1 aromatic rings. The number of hydrogen-bond donors (Lipinski definition) is 0. The normalized spacial score (nSPS) is 29.7. The Kier molecular flexibility index (Phi) is 2.01. The van der Waals surface area contributed by atoms with Gasteiger partial charge < -0.3 is 0 Å². The van der Waals surface area contributed by atoms with Crippen LogP contribution in [0, 0.1) is 23.1 Å². The molecule has 0 spiro atoms. The smallest absolute Gasteiger partial charge is 0.142 e. The summed E-state index contributed by atoms with van der Waals surface area (Å²) in [5.74, 6) is -0.133. The predicted molar refractivity (Wildman–Crippen MR) is 52.5 cm³/mol. The molecule has 2 rings (SSSR count). The van der Waals surface area contributed by atoms with Gasteiger partial charge in [0.2, 0.25) is 0 Å². The van der Waals surface area contributed by atoms with Crippen LogP contribution in [0.25, 0.3) is 0 Å². The third-order valence-corrected chi connectivity index (χ3v) is 3.25. The van der Waals surface area contributed by atoms with Gasteiger partial charge in [0, 0.05) is 0 Å². The molecule has 0 aliphatic heterocycles. The number of hydrogen-bond acceptors (Lipinski definition) is 1. The molecule has 1 aliphatic carbocycles. The van der Waals surface area contributed by atoms with Crippen molar-refractivity contribution in [1.29, 1.82) is 5.26 Å². The third kappa shape index (κ3) is 1.20. The van der Waals surface area contributed by atoms with E-state index in [-0.39, 0.29) is 5.02 Å². The van der Waals surface area contributed by atoms with E-state index < -0.39 is 11.2 Å². The van der Waals surface area contributed by atoms with Crippen molar-refractivity contribution < 1.29 is 4.39 Å². The van der Waals surface area contributed by atoms with Crippen molar-refractivity contribution in [1.82, 2.24) is 0 Å². The fraction of sp³-hybridized carbons (Fsp3) is 0.364. The highest BCUT2D eigenvalue weighted by molar-refractivity contribution is 6.30. The molecule has 1 saturated carbocycles. The number of nitrogens with zero attached hydrogens (tertiary/aromatic N) is 1. The zero-order valence-electron chi connectivity index (χ0n) is 7.72. The Bertz CT molecular complexity index is 424. The maximum absolute atomic E-state index is 13.2. The van der Waals surface area contributed by atoms with E-state index in [1.54, 1.807) is 6.07 Å². The number of halogens is 2. The second kappa shape index (κ2) is 2.96. The predicted octanol–water partition coefficient (Wildman–Crippen LogP) is 3.28. The molecular weight excluding hydrogens is 201 g/mol. The molecule has 0 heterocycles. The van der Waals surface area contributed by atoms with Gasteiger partial charge in [-0.25, -0.2) is 4.39 Å². The average Bonchev–Trinajstić information content (AvgIpc) is 2.83. The Balaban J connectivity index is 2.44. The van der Waals surface area contributed by atoms with Crippen molar-refractivity contribution in [2.24, 2.45) is 5.92 Å². The first-order valence-electron chi connectivity index (χ1n) is 4.47. The quantitative estimate of drug-likeness (QED) is 0.697. The van der Waals surface area contributed by atoms with Gasteiger partial charge in [-0.1, -0.05) is 24.6 Å². The van der Waals surface area contributed by atoms with Crippen molar-refractivity contribution in [2.75, 3.05) is 0 Å². The van der Waals surface area contributed by atoms with Crippen LogP contribution in [-0.2, 0) is 5.41 Å². The Hall–Kier alpha value is -1.07. The first-order chi connectivity index (χ1) is 6.60. The lowest BCUT2D eigenvalue weighted by Crippen LogP contribution is -2.06. The van der Waals surface area contributed by atoms with Crippen LogP contribution >= 0.6 is 11.6 Å². The molecule has 3 heteroatoms. The summed E-state index contributed by atoms with van der Waals surface area (Å²) in [5.41, 5.74) is 0.278. The van der Waals surface area contributed by atoms with E-state index in [0.717, 1.165) is 12.0 Å². The van der Waals surface area contributed by atoms with E-state index in [1.807, 2.05) is 6.92 Å². The fourth-order valence-electron chi connectivity index (χ4n) is 1.82. The molecule has 1 aromatic carbocycles. The maximum atomic E-state index is 13.2. The summed E-state index contributed by atoms with van der Waals surface area (Å²) in [6, 6.07) is 6.87. The van der Waals surface area contributed by atoms with Crippen molar-refractivity contribution in [3.63, 3.8) is 0 Å². The number of benzene rings is 1. The van der Waals surface area contributed by atoms with Gasteiger partial charge in [-0.05, 0) is 30.0 Å². The molecule has 2 atom stereocenters. The van der Waals surface area contributed by atoms with Gasteiger partial charge >= 0.3 is 0 Å². The monoisotopic (exact) mass is 209 g/mol. The molecule has 14 heavy (non-hydrogen) atoms. The molecule has 0 N–H and O–H groups in total. The maximum Gasteiger partial charge on any atom is 0.142 e. The van der Waals surface area contributed by atoms with Crippen molar-refractivity contribution in [2.45, 2.75) is 18.8 Å². The van der Waals surface area contributed by atoms with Gasteiger partial charge in [0.05, 0.1) is 16.5 Å². The summed E-state index contributed by atoms with van der Waals surface area (Å²) in [5, 5.41) is 9.14. The summed E-state index contributed by atoms with van der Waals surface area (Å²) in [6.07, 6.45) is 0.810. The van der Waals surface area contributed by atoms with Crippen molar-refractivity contribution in [3.8, 4) is 6.07 Å². The van der Waals surface area contributed by atoms with E-state index in [2.05, 4.69) is 6.07 Å². The standard InChI is InChI=1S/C11H9ClFN/c1-7-5-11(7,6-14)8-2-3-9(12)10(13)4-8/h2-4,7H,5H2,1H3/t7-,11?/m0/s1. The van der Waals surface area contributed by atoms with E-state index >= 15 is 0 Å². The van der Waals surface area contributed by atoms with Gasteiger partial charge in [-0.15, -0.1) is 0 Å². The van der Waals surface area contributed by atoms with E-state index in [4.69, 9.17) is 16.9 Å². The first kappa shape index (κ1) is 9.48. The zero-order valence-corrected chi connectivity index (χ0v) is 8.48. The average molecular weight is 210 g/mol. The Labute approximate surface area is 87.1 Å². The zero-order chi connectivity index (χ0) is 10.3. The van der Waals surface area contributed by atoms with Gasteiger partial charge in [0.1, 0.15) is 5.82 Å². The van der Waals surface area contributed by atoms with Gasteiger partial charge in [-0.3, -0.25) is 0 Å². The van der Waals surface area contributed by atoms with Crippen LogP contribution in [0.4, 0.5) is 4.39 Å². The summed E-state index contributed by atoms with van der Waals surface area (Å²) >= 11 is 5.57. The minimum absolute atomic E-state index is 0.107. The Morgan fingerprint density at radius 1 is 1.64 bits per heavy atom. The second-order valence-electron chi connectivity index (χ2n) is 3.82. The van der Waals surface area contributed by atoms with Gasteiger partial charge in [0.25, 0.3) is 0 Å². The van der Waals surface area contributed by atoms with Crippen LogP contribution in [0.3, 0.4) is 0 Å². The summed E-state index contributed by atoms with van der Waals surface area (Å²) in [7, 11) is 0. The molecule has 0 aromatic heterocycles. The van der Waals surface area contributed by atoms with Crippen LogP contribution in [-0.4, -0.2) is 0 Å². The molecule has 1 fully saturated rings. The molecule has 1 unspecified atom stereocenters. The number of nitriles is 1. The highest BCUT2D eigenvalue weighted by atomic mass is 35.5. The lowest BCUT2D eigenvalue weighted by atomic mass is 9.95. The van der Waals surface area contributed by atoms with Crippen molar-refractivity contribution >= 4 is 11.6 Å². The fourth-order valence-corrected chi connectivity index (χ4v) is 1.94. The van der Waals surface area contributed by atoms with Crippen LogP contribution in [0.15, 0.2) is 18.2 Å². The van der Waals surface area contributed by atoms with Crippen LogP contribution < -0.4 is 0 Å². The van der Waals surface area contributed by atoms with Crippen LogP contribution in [0.5, 0.6) is 0 Å². The summed E-state index contributed by atoms with van der Waals surface area (Å²) in [6.45, 7) is 2.00. The molecule has 1 nitrogen and oxygen atoms in total. The summed E-state index contributed by atoms with van der Waals surface area (Å²) in [4.78, 5) is 0. The van der Waals surface area contributed by atoms with Crippen LogP contribution in [0.2, 0.25) is 5.02 Å². The molecule has 0 bridgehead atoms. The minimum Gasteiger partial charge on any atom is -0.205 e. The lowest BCUT2D eigenvalue weighted by Gasteiger charge is -2.07. The molecule has 72 valence electrons. The largest absolute Gasteiger partial charge is 0.205 e. The van der Waals surface area contributed by atoms with Gasteiger partial charge in [0.15, 0.2) is 0 Å². The molecule has 0 saturated heterocycles. The minimum atomic E-state index is -0.467. The Morgan fingerprint density at radius 2 is 2.29 bits per heavy atom. The highest BCUT2D eigenvalue weighted by Gasteiger charge is 2.53. The van der Waals surface area contributed by atoms with Gasteiger partial charge in [-0.2, -0.15) is 5.26 Å². The molecule has 0 amide bonds. The topological polar surface area (TPSA) is 23.8 Å². The summed E-state index contributed by atoms with van der Waals surface area (Å²) < 4.78 is 13.2. The van der Waals surface area contributed by atoms with E-state index in [9.17, 15) is 4.39 Å². The second-order valence-corrected chi connectivity index (χ2v) is 4.22. The van der Waals surface area contributed by atoms with Crippen molar-refractivity contribution in [3.05, 3.63) is 34.6 Å². The lowest BCUT2D eigenvalue weighted by molar-refractivity contribution is 0.622. The van der Waals surface area contributed by atoms with E-state index in [0.29, 0.717) is 5.92 Å². The van der Waals surface area contributed by atoms with E-state index in [1.165, 1.54) is 12.1 Å². The SMILES string of the molecule is C[C@H]1CC1(C#N)c1ccc(Cl)c(F)c1. The highest BCUT2D eigenvalue weighted by Crippen LogP contribution is 2.53.